The third-order valence-electron chi connectivity index (χ3n) is 4.19. The smallest absolute Gasteiger partial charge is 0.114 e. The van der Waals surface area contributed by atoms with Crippen LogP contribution in [0.15, 0.2) is 0 Å². The highest BCUT2D eigenvalue weighted by molar-refractivity contribution is 7.11. The van der Waals surface area contributed by atoms with Crippen molar-refractivity contribution in [1.82, 2.24) is 4.98 Å². The lowest BCUT2D eigenvalue weighted by molar-refractivity contribution is 0.209. The molecule has 2 rings (SSSR count). The molecular formula is C13H22N2S. The second-order valence-electron chi connectivity index (χ2n) is 5.58. The molecule has 1 aromatic heterocycles. The fourth-order valence-electron chi connectivity index (χ4n) is 2.71. The van der Waals surface area contributed by atoms with E-state index in [-0.39, 0.29) is 11.0 Å². The van der Waals surface area contributed by atoms with E-state index in [0.29, 0.717) is 0 Å². The summed E-state index contributed by atoms with van der Waals surface area (Å²) >= 11 is 1.80. The van der Waals surface area contributed by atoms with Crippen LogP contribution in [0.4, 0.5) is 0 Å². The Labute approximate surface area is 102 Å². The van der Waals surface area contributed by atoms with Gasteiger partial charge in [-0.15, -0.1) is 11.3 Å². The Morgan fingerprint density at radius 2 is 2.06 bits per heavy atom. The third-order valence-corrected chi connectivity index (χ3v) is 5.38. The summed E-state index contributed by atoms with van der Waals surface area (Å²) in [5, 5.41) is 1.16. The van der Waals surface area contributed by atoms with E-state index < -0.39 is 0 Å². The minimum atomic E-state index is -0.199. The van der Waals surface area contributed by atoms with Crippen molar-refractivity contribution in [3.05, 3.63) is 15.6 Å². The van der Waals surface area contributed by atoms with Crippen molar-refractivity contribution in [3.63, 3.8) is 0 Å². The van der Waals surface area contributed by atoms with Crippen molar-refractivity contribution in [2.75, 3.05) is 0 Å². The van der Waals surface area contributed by atoms with Gasteiger partial charge in [-0.05, 0) is 31.6 Å². The molecule has 16 heavy (non-hydrogen) atoms. The summed E-state index contributed by atoms with van der Waals surface area (Å²) in [6.07, 6.45) is 4.53. The molecular weight excluding hydrogens is 216 g/mol. The zero-order chi connectivity index (χ0) is 12.0. The van der Waals surface area contributed by atoms with E-state index in [2.05, 4.69) is 27.7 Å². The van der Waals surface area contributed by atoms with Crippen molar-refractivity contribution in [2.24, 2.45) is 11.1 Å². The van der Waals surface area contributed by atoms with Crippen LogP contribution < -0.4 is 5.73 Å². The average molecular weight is 238 g/mol. The zero-order valence-corrected chi connectivity index (χ0v) is 11.6. The molecule has 1 aliphatic carbocycles. The van der Waals surface area contributed by atoms with Crippen LogP contribution in [0.5, 0.6) is 0 Å². The van der Waals surface area contributed by atoms with Crippen LogP contribution in [0, 0.1) is 12.3 Å². The lowest BCUT2D eigenvalue weighted by Gasteiger charge is -2.36. The first kappa shape index (κ1) is 12.1. The van der Waals surface area contributed by atoms with E-state index in [1.54, 1.807) is 11.3 Å². The first-order chi connectivity index (χ1) is 7.40. The number of nitrogens with zero attached hydrogens (tertiary/aromatic N) is 1. The quantitative estimate of drug-likeness (QED) is 0.858. The number of hydrogen-bond donors (Lipinski definition) is 1. The lowest BCUT2D eigenvalue weighted by atomic mass is 9.76. The molecule has 0 saturated heterocycles. The number of aromatic nitrogens is 1. The van der Waals surface area contributed by atoms with Gasteiger partial charge in [0.05, 0.1) is 11.2 Å². The van der Waals surface area contributed by atoms with Gasteiger partial charge in [-0.3, -0.25) is 0 Å². The van der Waals surface area contributed by atoms with Crippen LogP contribution in [0.1, 0.15) is 55.6 Å². The van der Waals surface area contributed by atoms with Crippen LogP contribution in [-0.2, 0) is 12.0 Å². The molecule has 90 valence electrons. The second kappa shape index (κ2) is 3.81. The van der Waals surface area contributed by atoms with Crippen molar-refractivity contribution in [3.8, 4) is 0 Å². The lowest BCUT2D eigenvalue weighted by Crippen LogP contribution is -2.45. The van der Waals surface area contributed by atoms with Gasteiger partial charge in [0.15, 0.2) is 0 Å². The van der Waals surface area contributed by atoms with Crippen molar-refractivity contribution in [1.29, 1.82) is 0 Å². The molecule has 0 aliphatic heterocycles. The Balaban J connectivity index is 2.43. The SMILES string of the molecule is CCc1nc(C2(N)CCCC2(C)C)sc1C. The Hall–Kier alpha value is -0.410. The van der Waals surface area contributed by atoms with Crippen LogP contribution >= 0.6 is 11.3 Å². The maximum atomic E-state index is 6.64. The summed E-state index contributed by atoms with van der Waals surface area (Å²) in [6, 6.07) is 0. The summed E-state index contributed by atoms with van der Waals surface area (Å²) < 4.78 is 0. The predicted octanol–water partition coefficient (Wildman–Crippen LogP) is 3.38. The Kier molecular flexibility index (Phi) is 2.87. The fraction of sp³-hybridized carbons (Fsp3) is 0.769. The second-order valence-corrected chi connectivity index (χ2v) is 6.79. The molecule has 1 unspecified atom stereocenters. The van der Waals surface area contributed by atoms with Gasteiger partial charge in [-0.25, -0.2) is 4.98 Å². The van der Waals surface area contributed by atoms with Crippen LogP contribution in [0.3, 0.4) is 0 Å². The molecule has 1 aliphatic rings. The summed E-state index contributed by atoms with van der Waals surface area (Å²) in [5.41, 5.74) is 7.86. The van der Waals surface area contributed by atoms with Gasteiger partial charge in [-0.1, -0.05) is 27.2 Å². The largest absolute Gasteiger partial charge is 0.319 e. The molecule has 0 spiro atoms. The molecule has 1 aromatic rings. The first-order valence-electron chi connectivity index (χ1n) is 6.16. The molecule has 3 heteroatoms. The Bertz CT molecular complexity index is 395. The van der Waals surface area contributed by atoms with E-state index in [0.717, 1.165) is 17.8 Å². The van der Waals surface area contributed by atoms with Crippen molar-refractivity contribution >= 4 is 11.3 Å². The fourth-order valence-corrected chi connectivity index (χ4v) is 4.03. The number of hydrogen-bond acceptors (Lipinski definition) is 3. The summed E-state index contributed by atoms with van der Waals surface area (Å²) in [7, 11) is 0. The zero-order valence-electron chi connectivity index (χ0n) is 10.8. The van der Waals surface area contributed by atoms with E-state index in [1.165, 1.54) is 23.4 Å². The summed E-state index contributed by atoms with van der Waals surface area (Å²) in [4.78, 5) is 6.11. The highest BCUT2D eigenvalue weighted by atomic mass is 32.1. The van der Waals surface area contributed by atoms with E-state index in [4.69, 9.17) is 10.7 Å². The minimum Gasteiger partial charge on any atom is -0.319 e. The monoisotopic (exact) mass is 238 g/mol. The molecule has 0 radical (unpaired) electrons. The van der Waals surface area contributed by atoms with Gasteiger partial charge < -0.3 is 5.73 Å². The Morgan fingerprint density at radius 1 is 1.38 bits per heavy atom. The molecule has 0 bridgehead atoms. The molecule has 1 saturated carbocycles. The van der Waals surface area contributed by atoms with Crippen LogP contribution in [0.25, 0.3) is 0 Å². The molecule has 0 amide bonds. The third kappa shape index (κ3) is 1.61. The minimum absolute atomic E-state index is 0.183. The van der Waals surface area contributed by atoms with Gasteiger partial charge >= 0.3 is 0 Å². The van der Waals surface area contributed by atoms with Gasteiger partial charge in [-0.2, -0.15) is 0 Å². The number of rotatable bonds is 2. The number of nitrogens with two attached hydrogens (primary N) is 1. The Morgan fingerprint density at radius 3 is 2.50 bits per heavy atom. The molecule has 2 N–H and O–H groups in total. The molecule has 1 fully saturated rings. The maximum Gasteiger partial charge on any atom is 0.114 e. The highest BCUT2D eigenvalue weighted by Crippen LogP contribution is 2.51. The average Bonchev–Trinajstić information content (AvgIpc) is 2.70. The van der Waals surface area contributed by atoms with Gasteiger partial charge in [0.2, 0.25) is 0 Å². The van der Waals surface area contributed by atoms with Crippen molar-refractivity contribution < 1.29 is 0 Å². The summed E-state index contributed by atoms with van der Waals surface area (Å²) in [5.74, 6) is 0. The van der Waals surface area contributed by atoms with Gasteiger partial charge in [0.1, 0.15) is 5.01 Å². The van der Waals surface area contributed by atoms with E-state index in [1.807, 2.05) is 0 Å². The molecule has 1 heterocycles. The molecule has 1 atom stereocenters. The van der Waals surface area contributed by atoms with Gasteiger partial charge in [0, 0.05) is 4.88 Å². The maximum absolute atomic E-state index is 6.64. The highest BCUT2D eigenvalue weighted by Gasteiger charge is 2.49. The summed E-state index contributed by atoms with van der Waals surface area (Å²) in [6.45, 7) is 8.88. The van der Waals surface area contributed by atoms with Crippen molar-refractivity contribution in [2.45, 2.75) is 58.9 Å². The molecule has 2 nitrogen and oxygen atoms in total. The van der Waals surface area contributed by atoms with Crippen LogP contribution in [0.2, 0.25) is 0 Å². The van der Waals surface area contributed by atoms with E-state index in [9.17, 15) is 0 Å². The predicted molar refractivity (Wildman–Crippen MR) is 69.7 cm³/mol. The first-order valence-corrected chi connectivity index (χ1v) is 6.98. The normalized spacial score (nSPS) is 28.6. The van der Waals surface area contributed by atoms with Crippen LogP contribution in [-0.4, -0.2) is 4.98 Å². The molecule has 0 aromatic carbocycles. The number of thiazole rings is 1. The number of aryl methyl sites for hydroxylation is 2. The van der Waals surface area contributed by atoms with E-state index >= 15 is 0 Å². The van der Waals surface area contributed by atoms with Gasteiger partial charge in [0.25, 0.3) is 0 Å². The topological polar surface area (TPSA) is 38.9 Å². The standard InChI is InChI=1S/C13H22N2S/c1-5-10-9(2)16-11(15-10)13(14)8-6-7-12(13,3)4/h5-8,14H2,1-4H3.